The summed E-state index contributed by atoms with van der Waals surface area (Å²) in [5, 5.41) is 3.09. The fourth-order valence-electron chi connectivity index (χ4n) is 1.03. The van der Waals surface area contributed by atoms with Crippen LogP contribution in [0.3, 0.4) is 0 Å². The van der Waals surface area contributed by atoms with Crippen LogP contribution in [0.1, 0.15) is 24.5 Å². The van der Waals surface area contributed by atoms with Crippen molar-refractivity contribution in [2.45, 2.75) is 32.9 Å². The molecule has 0 amide bonds. The zero-order valence-corrected chi connectivity index (χ0v) is 8.93. The van der Waals surface area contributed by atoms with Gasteiger partial charge in [-0.1, -0.05) is 0 Å². The number of hydrogen-bond donors (Lipinski definition) is 1. The summed E-state index contributed by atoms with van der Waals surface area (Å²) in [6.07, 6.45) is 0.850. The Morgan fingerprint density at radius 2 is 2.46 bits per heavy atom. The molecule has 1 aromatic heterocycles. The third-order valence-electron chi connectivity index (χ3n) is 1.56. The first-order valence-corrected chi connectivity index (χ1v) is 5.37. The van der Waals surface area contributed by atoms with Crippen molar-refractivity contribution in [3.8, 4) is 0 Å². The van der Waals surface area contributed by atoms with Gasteiger partial charge in [0, 0.05) is 24.4 Å². The van der Waals surface area contributed by atoms with Gasteiger partial charge in [0.05, 0.1) is 12.3 Å². The molecule has 1 rings (SSSR count). The number of nitrogens with two attached hydrogens (primary N) is 1. The number of rotatable bonds is 5. The highest BCUT2D eigenvalue weighted by Crippen LogP contribution is 2.11. The molecule has 0 aliphatic heterocycles. The van der Waals surface area contributed by atoms with Gasteiger partial charge < -0.3 is 10.5 Å². The van der Waals surface area contributed by atoms with Crippen molar-refractivity contribution >= 4 is 11.3 Å². The molecule has 0 aliphatic carbocycles. The van der Waals surface area contributed by atoms with Crippen molar-refractivity contribution in [2.24, 2.45) is 5.73 Å². The molecule has 2 N–H and O–H groups in total. The van der Waals surface area contributed by atoms with Crippen LogP contribution in [0.15, 0.2) is 5.38 Å². The zero-order chi connectivity index (χ0) is 9.68. The lowest BCUT2D eigenvalue weighted by Gasteiger charge is -1.99. The van der Waals surface area contributed by atoms with Crippen molar-refractivity contribution in [3.63, 3.8) is 0 Å². The van der Waals surface area contributed by atoms with E-state index in [0.717, 1.165) is 23.7 Å². The van der Waals surface area contributed by atoms with E-state index in [1.807, 2.05) is 13.8 Å². The van der Waals surface area contributed by atoms with Crippen LogP contribution in [-0.4, -0.2) is 17.6 Å². The van der Waals surface area contributed by atoms with E-state index in [0.29, 0.717) is 6.61 Å². The first-order chi connectivity index (χ1) is 6.22. The predicted octanol–water partition coefficient (Wildman–Crippen LogP) is 1.57. The minimum atomic E-state index is 0.182. The van der Waals surface area contributed by atoms with Gasteiger partial charge >= 0.3 is 0 Å². The van der Waals surface area contributed by atoms with Gasteiger partial charge in [0.15, 0.2) is 0 Å². The fraction of sp³-hybridized carbons (Fsp3) is 0.667. The van der Waals surface area contributed by atoms with E-state index >= 15 is 0 Å². The first-order valence-electron chi connectivity index (χ1n) is 4.49. The Hall–Kier alpha value is -0.450. The molecule has 74 valence electrons. The second-order valence-electron chi connectivity index (χ2n) is 3.05. The van der Waals surface area contributed by atoms with Crippen molar-refractivity contribution in [3.05, 3.63) is 16.1 Å². The van der Waals surface area contributed by atoms with E-state index in [1.54, 1.807) is 11.3 Å². The molecule has 1 unspecified atom stereocenters. The maximum atomic E-state index is 5.67. The summed E-state index contributed by atoms with van der Waals surface area (Å²) in [6.45, 7) is 5.33. The molecule has 3 nitrogen and oxygen atoms in total. The van der Waals surface area contributed by atoms with Crippen molar-refractivity contribution in [2.75, 3.05) is 6.61 Å². The molecular formula is C9H16N2OS. The molecule has 0 aliphatic rings. The molecule has 0 saturated heterocycles. The Morgan fingerprint density at radius 3 is 3.08 bits per heavy atom. The lowest BCUT2D eigenvalue weighted by molar-refractivity contribution is 0.133. The number of hydrogen-bond acceptors (Lipinski definition) is 4. The van der Waals surface area contributed by atoms with Gasteiger partial charge in [-0.15, -0.1) is 11.3 Å². The first kappa shape index (κ1) is 10.6. The maximum Gasteiger partial charge on any atom is 0.119 e. The van der Waals surface area contributed by atoms with E-state index in [4.69, 9.17) is 10.5 Å². The minimum Gasteiger partial charge on any atom is -0.375 e. The Morgan fingerprint density at radius 1 is 1.69 bits per heavy atom. The summed E-state index contributed by atoms with van der Waals surface area (Å²) in [4.78, 5) is 4.40. The number of ether oxygens (including phenoxy) is 1. The molecule has 0 bridgehead atoms. The Labute approximate surface area is 82.9 Å². The monoisotopic (exact) mass is 200 g/mol. The summed E-state index contributed by atoms with van der Waals surface area (Å²) >= 11 is 1.64. The maximum absolute atomic E-state index is 5.67. The quantitative estimate of drug-likeness (QED) is 0.785. The molecule has 0 fully saturated rings. The Bertz CT molecular complexity index is 248. The molecule has 0 saturated carbocycles. The molecule has 0 aromatic carbocycles. The van der Waals surface area contributed by atoms with Gasteiger partial charge in [-0.3, -0.25) is 0 Å². The molecule has 4 heteroatoms. The Balaban J connectivity index is 2.44. The minimum absolute atomic E-state index is 0.182. The van der Waals surface area contributed by atoms with Gasteiger partial charge in [-0.25, -0.2) is 4.98 Å². The summed E-state index contributed by atoms with van der Waals surface area (Å²) < 4.78 is 5.25. The molecular weight excluding hydrogens is 184 g/mol. The van der Waals surface area contributed by atoms with Crippen LogP contribution in [-0.2, 0) is 17.8 Å². The van der Waals surface area contributed by atoms with Crippen LogP contribution in [0.25, 0.3) is 0 Å². The van der Waals surface area contributed by atoms with E-state index in [9.17, 15) is 0 Å². The van der Waals surface area contributed by atoms with Crippen molar-refractivity contribution in [1.82, 2.24) is 4.98 Å². The summed E-state index contributed by atoms with van der Waals surface area (Å²) in [5.41, 5.74) is 6.75. The fourth-order valence-corrected chi connectivity index (χ4v) is 1.77. The summed E-state index contributed by atoms with van der Waals surface area (Å²) in [5.74, 6) is 0. The van der Waals surface area contributed by atoms with Gasteiger partial charge in [0.25, 0.3) is 0 Å². The number of nitrogens with zero attached hydrogens (tertiary/aromatic N) is 1. The third kappa shape index (κ3) is 3.85. The van der Waals surface area contributed by atoms with Gasteiger partial charge in [-0.05, 0) is 13.8 Å². The predicted molar refractivity (Wildman–Crippen MR) is 54.8 cm³/mol. The standard InChI is InChI=1S/C9H16N2OS/c1-3-12-5-9-11-8(6-13-9)4-7(2)10/h6-7H,3-5,10H2,1-2H3. The lowest BCUT2D eigenvalue weighted by Crippen LogP contribution is -2.17. The average molecular weight is 200 g/mol. The van der Waals surface area contributed by atoms with E-state index in [-0.39, 0.29) is 6.04 Å². The van der Waals surface area contributed by atoms with Crippen LogP contribution in [0, 0.1) is 0 Å². The zero-order valence-electron chi connectivity index (χ0n) is 8.12. The van der Waals surface area contributed by atoms with E-state index in [2.05, 4.69) is 10.4 Å². The van der Waals surface area contributed by atoms with E-state index < -0.39 is 0 Å². The molecule has 1 heterocycles. The molecule has 0 spiro atoms. The van der Waals surface area contributed by atoms with Crippen LogP contribution in [0.4, 0.5) is 0 Å². The number of aromatic nitrogens is 1. The van der Waals surface area contributed by atoms with Crippen molar-refractivity contribution in [1.29, 1.82) is 0 Å². The highest BCUT2D eigenvalue weighted by molar-refractivity contribution is 7.09. The normalized spacial score (nSPS) is 13.2. The van der Waals surface area contributed by atoms with Crippen LogP contribution >= 0.6 is 11.3 Å². The SMILES string of the molecule is CCOCc1nc(CC(C)N)cs1. The average Bonchev–Trinajstić information content (AvgIpc) is 2.48. The Kier molecular flexibility index (Phi) is 4.35. The highest BCUT2D eigenvalue weighted by Gasteiger charge is 2.03. The molecule has 0 radical (unpaired) electrons. The molecule has 1 atom stereocenters. The largest absolute Gasteiger partial charge is 0.375 e. The van der Waals surface area contributed by atoms with Crippen LogP contribution < -0.4 is 5.73 Å². The molecule has 1 aromatic rings. The smallest absolute Gasteiger partial charge is 0.119 e. The third-order valence-corrected chi connectivity index (χ3v) is 2.43. The summed E-state index contributed by atoms with van der Waals surface area (Å²) in [7, 11) is 0. The highest BCUT2D eigenvalue weighted by atomic mass is 32.1. The topological polar surface area (TPSA) is 48.1 Å². The molecule has 13 heavy (non-hydrogen) atoms. The van der Waals surface area contributed by atoms with E-state index in [1.165, 1.54) is 0 Å². The van der Waals surface area contributed by atoms with Gasteiger partial charge in [0.1, 0.15) is 5.01 Å². The van der Waals surface area contributed by atoms with Crippen LogP contribution in [0.2, 0.25) is 0 Å². The second-order valence-corrected chi connectivity index (χ2v) is 3.99. The van der Waals surface area contributed by atoms with Crippen molar-refractivity contribution < 1.29 is 4.74 Å². The number of thiazole rings is 1. The second kappa shape index (κ2) is 5.32. The summed E-state index contributed by atoms with van der Waals surface area (Å²) in [6, 6.07) is 0.182. The van der Waals surface area contributed by atoms with Crippen LogP contribution in [0.5, 0.6) is 0 Å². The lowest BCUT2D eigenvalue weighted by atomic mass is 10.2. The van der Waals surface area contributed by atoms with Gasteiger partial charge in [0.2, 0.25) is 0 Å². The van der Waals surface area contributed by atoms with Gasteiger partial charge in [-0.2, -0.15) is 0 Å².